The molecule has 3 aromatic carbocycles. The summed E-state index contributed by atoms with van der Waals surface area (Å²) in [5, 5.41) is 10.8. The zero-order valence-electron chi connectivity index (χ0n) is 19.8. The molecular formula is C28H23ClN4O2S. The van der Waals surface area contributed by atoms with Crippen LogP contribution in [0.15, 0.2) is 84.0 Å². The third-order valence-corrected chi connectivity index (χ3v) is 8.35. The predicted molar refractivity (Wildman–Crippen MR) is 141 cm³/mol. The molecule has 36 heavy (non-hydrogen) atoms. The van der Waals surface area contributed by atoms with E-state index in [2.05, 4.69) is 11.1 Å². The highest BCUT2D eigenvalue weighted by Crippen LogP contribution is 2.34. The Morgan fingerprint density at radius 2 is 1.75 bits per heavy atom. The molecule has 6 nitrogen and oxygen atoms in total. The molecule has 0 amide bonds. The summed E-state index contributed by atoms with van der Waals surface area (Å²) in [4.78, 5) is 4.74. The zero-order chi connectivity index (χ0) is 25.4. The number of nitriles is 1. The number of benzene rings is 3. The number of nitrogens with zero attached hydrogens (tertiary/aromatic N) is 4. The van der Waals surface area contributed by atoms with E-state index in [1.807, 2.05) is 48.7 Å². The van der Waals surface area contributed by atoms with Crippen molar-refractivity contribution in [1.82, 2.24) is 13.5 Å². The van der Waals surface area contributed by atoms with Gasteiger partial charge < -0.3 is 4.57 Å². The number of aromatic nitrogens is 3. The first-order valence-corrected chi connectivity index (χ1v) is 13.2. The van der Waals surface area contributed by atoms with Crippen LogP contribution in [0.3, 0.4) is 0 Å². The lowest BCUT2D eigenvalue weighted by Gasteiger charge is -2.14. The van der Waals surface area contributed by atoms with Gasteiger partial charge >= 0.3 is 0 Å². The second kappa shape index (κ2) is 9.30. The van der Waals surface area contributed by atoms with Gasteiger partial charge in [-0.25, -0.2) is 17.4 Å². The Morgan fingerprint density at radius 1 is 1.03 bits per heavy atom. The monoisotopic (exact) mass is 514 g/mol. The van der Waals surface area contributed by atoms with Crippen LogP contribution in [0, 0.1) is 25.2 Å². The maximum Gasteiger partial charge on any atom is 0.268 e. The molecule has 0 aliphatic rings. The maximum absolute atomic E-state index is 13.5. The molecule has 2 aromatic heterocycles. The SMILES string of the molecule is Cc1ccc(S(=O)(=O)n2ccc3c(Cc4ncc(C#N)n4Cc4ccccc4)c(C)cc(Cl)c32)cc1. The van der Waals surface area contributed by atoms with Gasteiger partial charge in [0.1, 0.15) is 17.6 Å². The van der Waals surface area contributed by atoms with Crippen molar-refractivity contribution in [2.75, 3.05) is 0 Å². The van der Waals surface area contributed by atoms with E-state index in [1.165, 1.54) is 3.97 Å². The fourth-order valence-corrected chi connectivity index (χ4v) is 6.23. The van der Waals surface area contributed by atoms with E-state index < -0.39 is 10.0 Å². The summed E-state index contributed by atoms with van der Waals surface area (Å²) in [5.74, 6) is 0.719. The van der Waals surface area contributed by atoms with Crippen LogP contribution in [0.4, 0.5) is 0 Å². The van der Waals surface area contributed by atoms with Crippen LogP contribution in [0.5, 0.6) is 0 Å². The molecule has 0 spiro atoms. The Bertz CT molecular complexity index is 1730. The van der Waals surface area contributed by atoms with E-state index in [0.717, 1.165) is 33.5 Å². The number of hydrogen-bond acceptors (Lipinski definition) is 4. The molecule has 0 bridgehead atoms. The van der Waals surface area contributed by atoms with E-state index in [4.69, 9.17) is 11.6 Å². The minimum Gasteiger partial charge on any atom is -0.315 e. The van der Waals surface area contributed by atoms with Crippen molar-refractivity contribution in [2.24, 2.45) is 0 Å². The Labute approximate surface area is 215 Å². The Balaban J connectivity index is 1.61. The standard InChI is InChI=1S/C28H23ClN4O2S/c1-19-8-10-23(11-9-19)36(34,35)33-13-12-24-25(20(2)14-26(29)28(24)33)15-27-31-17-22(16-30)32(27)18-21-6-4-3-5-7-21/h3-14,17H,15,18H2,1-2H3. The molecule has 0 saturated carbocycles. The number of rotatable bonds is 6. The van der Waals surface area contributed by atoms with E-state index in [1.54, 1.807) is 48.8 Å². The first kappa shape index (κ1) is 23.9. The third kappa shape index (κ3) is 4.19. The summed E-state index contributed by atoms with van der Waals surface area (Å²) in [6, 6.07) is 22.4. The lowest BCUT2D eigenvalue weighted by Crippen LogP contribution is -2.12. The Kier molecular flexibility index (Phi) is 6.17. The van der Waals surface area contributed by atoms with Gasteiger partial charge in [-0.2, -0.15) is 5.26 Å². The highest BCUT2D eigenvalue weighted by atomic mass is 35.5. The molecule has 5 aromatic rings. The molecule has 5 rings (SSSR count). The van der Waals surface area contributed by atoms with Crippen molar-refractivity contribution in [3.8, 4) is 6.07 Å². The average molecular weight is 515 g/mol. The minimum absolute atomic E-state index is 0.195. The van der Waals surface area contributed by atoms with Crippen LogP contribution in [0.2, 0.25) is 5.02 Å². The van der Waals surface area contributed by atoms with Crippen LogP contribution < -0.4 is 0 Å². The highest BCUT2D eigenvalue weighted by Gasteiger charge is 2.23. The van der Waals surface area contributed by atoms with Crippen molar-refractivity contribution in [1.29, 1.82) is 5.26 Å². The fraction of sp³-hybridized carbons (Fsp3) is 0.143. The van der Waals surface area contributed by atoms with Gasteiger partial charge in [0.2, 0.25) is 0 Å². The average Bonchev–Trinajstić information content (AvgIpc) is 3.48. The first-order valence-electron chi connectivity index (χ1n) is 11.4. The van der Waals surface area contributed by atoms with Crippen molar-refractivity contribution >= 4 is 32.5 Å². The number of aryl methyl sites for hydroxylation is 2. The molecule has 0 unspecified atom stereocenters. The second-order valence-electron chi connectivity index (χ2n) is 8.77. The summed E-state index contributed by atoms with van der Waals surface area (Å²) in [5.41, 5.74) is 4.77. The number of fused-ring (bicyclic) bond motifs is 1. The first-order chi connectivity index (χ1) is 17.3. The van der Waals surface area contributed by atoms with Gasteiger partial charge in [-0.3, -0.25) is 0 Å². The predicted octanol–water partition coefficient (Wildman–Crippen LogP) is 5.86. The summed E-state index contributed by atoms with van der Waals surface area (Å²) in [6.45, 7) is 4.37. The summed E-state index contributed by atoms with van der Waals surface area (Å²) in [7, 11) is -3.84. The Morgan fingerprint density at radius 3 is 2.44 bits per heavy atom. The molecular weight excluding hydrogens is 492 g/mol. The van der Waals surface area contributed by atoms with Crippen LogP contribution in [-0.2, 0) is 23.0 Å². The van der Waals surface area contributed by atoms with Gasteiger partial charge in [-0.1, -0.05) is 59.6 Å². The minimum atomic E-state index is -3.84. The summed E-state index contributed by atoms with van der Waals surface area (Å²) in [6.07, 6.45) is 3.54. The third-order valence-electron chi connectivity index (χ3n) is 6.37. The van der Waals surface area contributed by atoms with Gasteiger partial charge in [0, 0.05) is 24.5 Å². The molecule has 0 aliphatic heterocycles. The van der Waals surface area contributed by atoms with Crippen LogP contribution in [0.1, 0.15) is 33.8 Å². The molecule has 2 heterocycles. The van der Waals surface area contributed by atoms with Crippen LogP contribution >= 0.6 is 11.6 Å². The molecule has 0 saturated heterocycles. The number of halogens is 1. The summed E-state index contributed by atoms with van der Waals surface area (Å²) < 4.78 is 30.1. The molecule has 180 valence electrons. The lowest BCUT2D eigenvalue weighted by atomic mass is 10.0. The molecule has 8 heteroatoms. The van der Waals surface area contributed by atoms with Gasteiger partial charge in [0.05, 0.1) is 21.6 Å². The van der Waals surface area contributed by atoms with E-state index in [0.29, 0.717) is 29.2 Å². The molecule has 0 atom stereocenters. The molecule has 0 radical (unpaired) electrons. The maximum atomic E-state index is 13.5. The van der Waals surface area contributed by atoms with Crippen LogP contribution in [-0.4, -0.2) is 21.9 Å². The van der Waals surface area contributed by atoms with Crippen molar-refractivity contribution in [3.63, 3.8) is 0 Å². The van der Waals surface area contributed by atoms with Crippen molar-refractivity contribution < 1.29 is 8.42 Å². The van der Waals surface area contributed by atoms with Gasteiger partial charge in [-0.15, -0.1) is 0 Å². The molecule has 0 fully saturated rings. The summed E-state index contributed by atoms with van der Waals surface area (Å²) >= 11 is 6.62. The second-order valence-corrected chi connectivity index (χ2v) is 11.0. The van der Waals surface area contributed by atoms with Crippen LogP contribution in [0.25, 0.3) is 10.9 Å². The number of imidazole rings is 1. The van der Waals surface area contributed by atoms with E-state index in [9.17, 15) is 13.7 Å². The molecule has 0 N–H and O–H groups in total. The number of hydrogen-bond donors (Lipinski definition) is 0. The van der Waals surface area contributed by atoms with Gasteiger partial charge in [0.25, 0.3) is 10.0 Å². The quantitative estimate of drug-likeness (QED) is 0.284. The zero-order valence-corrected chi connectivity index (χ0v) is 21.4. The molecule has 0 aliphatic carbocycles. The van der Waals surface area contributed by atoms with Crippen molar-refractivity contribution in [3.05, 3.63) is 118 Å². The van der Waals surface area contributed by atoms with Gasteiger partial charge in [-0.05, 0) is 54.8 Å². The smallest absolute Gasteiger partial charge is 0.268 e. The fourth-order valence-electron chi connectivity index (χ4n) is 4.45. The Hall–Kier alpha value is -3.86. The highest BCUT2D eigenvalue weighted by molar-refractivity contribution is 7.90. The largest absolute Gasteiger partial charge is 0.315 e. The normalized spacial score (nSPS) is 11.6. The van der Waals surface area contributed by atoms with E-state index >= 15 is 0 Å². The lowest BCUT2D eigenvalue weighted by molar-refractivity contribution is 0.589. The van der Waals surface area contributed by atoms with Gasteiger partial charge in [0.15, 0.2) is 0 Å². The van der Waals surface area contributed by atoms with Crippen molar-refractivity contribution in [2.45, 2.75) is 31.7 Å². The topological polar surface area (TPSA) is 80.7 Å². The van der Waals surface area contributed by atoms with E-state index in [-0.39, 0.29) is 4.90 Å².